The summed E-state index contributed by atoms with van der Waals surface area (Å²) in [4.78, 5) is 0. The fourth-order valence-corrected chi connectivity index (χ4v) is 0. The number of aliphatic hydroxyl groups is 1. The Bertz CT molecular complexity index is 6.00. The highest BCUT2D eigenvalue weighted by Crippen LogP contribution is 0.755. The van der Waals surface area contributed by atoms with Crippen molar-refractivity contribution in [1.29, 1.82) is 0 Å². The van der Waals surface area contributed by atoms with Crippen LogP contribution in [0.2, 0.25) is 0 Å². The van der Waals surface area contributed by atoms with Crippen molar-refractivity contribution in [2.45, 2.75) is 0 Å². The Labute approximate surface area is 25.1 Å². The molecule has 0 atom stereocenters. The van der Waals surface area contributed by atoms with Gasteiger partial charge in [0.25, 0.3) is 0 Å². The van der Waals surface area contributed by atoms with Crippen LogP contribution in [0.1, 0.15) is 0 Å². The van der Waals surface area contributed by atoms with Gasteiger partial charge >= 0.3 is 0 Å². The Hall–Kier alpha value is -0.120. The third-order valence-electron chi connectivity index (χ3n) is 0. The zero-order valence-electron chi connectivity index (χ0n) is 2.65. The highest BCUT2D eigenvalue weighted by Gasteiger charge is 0.839. The predicted molar refractivity (Wildman–Crippen MR) is 16.8 cm³/mol. The molecule has 3 heteroatoms. The summed E-state index contributed by atoms with van der Waals surface area (Å²) < 4.78 is 0. The lowest BCUT2D eigenvalue weighted by atomic mass is 11.8. The van der Waals surface area contributed by atoms with Crippen molar-refractivity contribution in [3.8, 4) is 0 Å². The van der Waals surface area contributed by atoms with Crippen LogP contribution >= 0.6 is 0 Å². The van der Waals surface area contributed by atoms with E-state index < -0.39 is 0 Å². The van der Waals surface area contributed by atoms with Crippen molar-refractivity contribution >= 4 is 0 Å². The van der Waals surface area contributed by atoms with Gasteiger partial charge in [0, 0.05) is 7.11 Å². The molecular formula is CH9NO2. The van der Waals surface area contributed by atoms with Gasteiger partial charge in [0.1, 0.15) is 0 Å². The minimum atomic E-state index is 0. The van der Waals surface area contributed by atoms with Crippen molar-refractivity contribution in [3.63, 3.8) is 0 Å². The van der Waals surface area contributed by atoms with Crippen molar-refractivity contribution in [3.05, 3.63) is 0 Å². The molecule has 0 bridgehead atoms. The molecule has 4 heavy (non-hydrogen) atoms. The zero-order chi connectivity index (χ0) is 2.00. The van der Waals surface area contributed by atoms with Gasteiger partial charge in [-0.05, 0) is 0 Å². The van der Waals surface area contributed by atoms with Gasteiger partial charge in [-0.25, -0.2) is 0 Å². The van der Waals surface area contributed by atoms with Crippen LogP contribution in [0.15, 0.2) is 0 Å². The number of rotatable bonds is 0. The topological polar surface area (TPSA) is 86.7 Å². The van der Waals surface area contributed by atoms with Crippen LogP contribution < -0.4 is 6.15 Å². The van der Waals surface area contributed by atoms with Crippen molar-refractivity contribution in [2.24, 2.45) is 0 Å². The molecule has 3 nitrogen and oxygen atoms in total. The van der Waals surface area contributed by atoms with Gasteiger partial charge in [-0.2, -0.15) is 0 Å². The van der Waals surface area contributed by atoms with Gasteiger partial charge in [-0.15, -0.1) is 0 Å². The van der Waals surface area contributed by atoms with Gasteiger partial charge < -0.3 is 16.7 Å². The van der Waals surface area contributed by atoms with E-state index in [1.54, 1.807) is 0 Å². The largest absolute Gasteiger partial charge is 0.412 e. The first kappa shape index (κ1) is 41.6. The fraction of sp³-hybridized carbons (Fsp3) is 1.00. The molecular weight excluding hydrogens is 58.0 g/mol. The lowest BCUT2D eigenvalue weighted by Gasteiger charge is -1.21. The molecule has 0 saturated carbocycles. The Kier molecular flexibility index (Phi) is 7340. The summed E-state index contributed by atoms with van der Waals surface area (Å²) in [5, 5.41) is 7.00. The molecule has 0 aliphatic heterocycles. The maximum atomic E-state index is 7.00. The van der Waals surface area contributed by atoms with Crippen LogP contribution in [0.25, 0.3) is 0 Å². The van der Waals surface area contributed by atoms with Crippen LogP contribution in [-0.2, 0) is 0 Å². The van der Waals surface area contributed by atoms with Crippen LogP contribution in [0, 0.1) is 0 Å². The fourth-order valence-electron chi connectivity index (χ4n) is 0. The van der Waals surface area contributed by atoms with Gasteiger partial charge in [0.2, 0.25) is 0 Å². The highest BCUT2D eigenvalue weighted by molar-refractivity contribution is 3.18. The third kappa shape index (κ3) is 101. The van der Waals surface area contributed by atoms with Crippen LogP contribution in [0.3, 0.4) is 0 Å². The average Bonchev–Trinajstić information content (AvgIpc) is 1.00. The van der Waals surface area contributed by atoms with Crippen molar-refractivity contribution in [1.82, 2.24) is 6.15 Å². The van der Waals surface area contributed by atoms with E-state index in [2.05, 4.69) is 0 Å². The van der Waals surface area contributed by atoms with E-state index in [0.717, 1.165) is 7.11 Å². The first-order valence-electron chi connectivity index (χ1n) is 0.447. The number of hydrogen-bond donors (Lipinski definition) is 2. The molecule has 0 aliphatic carbocycles. The molecule has 0 aromatic rings. The lowest BCUT2D eigenvalue weighted by molar-refractivity contribution is 0.399. The molecule has 0 aromatic carbocycles. The quantitative estimate of drug-likeness (QED) is 0.378. The van der Waals surface area contributed by atoms with Crippen LogP contribution in [0.5, 0.6) is 0 Å². The molecule has 0 radical (unpaired) electrons. The first-order chi connectivity index (χ1) is 1.00. The molecule has 0 saturated heterocycles. The van der Waals surface area contributed by atoms with Gasteiger partial charge in [-0.1, -0.05) is 0 Å². The van der Waals surface area contributed by atoms with E-state index in [-0.39, 0.29) is 11.6 Å². The van der Waals surface area contributed by atoms with Crippen LogP contribution in [0.4, 0.5) is 0 Å². The summed E-state index contributed by atoms with van der Waals surface area (Å²) in [5.41, 5.74) is 0. The normalized spacial score (nSPS) is 1.50. The highest BCUT2D eigenvalue weighted by atomic mass is 16.2. The summed E-state index contributed by atoms with van der Waals surface area (Å²) in [6, 6.07) is 0. The maximum Gasteiger partial charge on any atom is 0.0319 e. The SMILES string of the molecule is CO.N.O. The summed E-state index contributed by atoms with van der Waals surface area (Å²) in [7, 11) is 1.00. The van der Waals surface area contributed by atoms with Crippen LogP contribution in [-0.4, -0.2) is 17.7 Å². The summed E-state index contributed by atoms with van der Waals surface area (Å²) in [6.45, 7) is 0. The minimum Gasteiger partial charge on any atom is -0.412 e. The smallest absolute Gasteiger partial charge is 0.0319 e. The third-order valence-corrected chi connectivity index (χ3v) is 0. The second kappa shape index (κ2) is 707. The van der Waals surface area contributed by atoms with E-state index in [4.69, 9.17) is 5.11 Å². The monoisotopic (exact) mass is 67.1 g/mol. The molecule has 30 valence electrons. The summed E-state index contributed by atoms with van der Waals surface area (Å²) in [5.74, 6) is 0. The minimum absolute atomic E-state index is 0. The average molecular weight is 67.1 g/mol. The van der Waals surface area contributed by atoms with Crippen molar-refractivity contribution in [2.75, 3.05) is 7.11 Å². The molecule has 0 unspecified atom stereocenters. The molecule has 6 N–H and O–H groups in total. The predicted octanol–water partition coefficient (Wildman–Crippen LogP) is -1.05. The Balaban J connectivity index is -0.00000000500. The summed E-state index contributed by atoms with van der Waals surface area (Å²) in [6.07, 6.45) is 0. The number of hydrogen-bond acceptors (Lipinski definition) is 2. The summed E-state index contributed by atoms with van der Waals surface area (Å²) >= 11 is 0. The number of aliphatic hydroxyl groups excluding tert-OH is 1. The van der Waals surface area contributed by atoms with E-state index in [1.807, 2.05) is 0 Å². The zero-order valence-corrected chi connectivity index (χ0v) is 2.65. The maximum absolute atomic E-state index is 7.00. The molecule has 0 spiro atoms. The van der Waals surface area contributed by atoms with E-state index in [9.17, 15) is 0 Å². The molecule has 0 rings (SSSR count). The second-order valence-corrected chi connectivity index (χ2v) is 0. The Morgan fingerprint density at radius 3 is 1.25 bits per heavy atom. The van der Waals surface area contributed by atoms with E-state index >= 15 is 0 Å². The van der Waals surface area contributed by atoms with E-state index in [1.165, 1.54) is 0 Å². The van der Waals surface area contributed by atoms with E-state index in [0.29, 0.717) is 0 Å². The molecule has 0 aromatic heterocycles. The molecule has 0 heterocycles. The molecule has 0 fully saturated rings. The lowest BCUT2D eigenvalue weighted by Crippen LogP contribution is -1.25. The Morgan fingerprint density at radius 2 is 1.25 bits per heavy atom. The first-order valence-corrected chi connectivity index (χ1v) is 0.447. The molecule has 0 aliphatic rings. The van der Waals surface area contributed by atoms with Gasteiger partial charge in [0.05, 0.1) is 0 Å². The molecule has 0 amide bonds. The van der Waals surface area contributed by atoms with Gasteiger partial charge in [0.15, 0.2) is 0 Å². The Morgan fingerprint density at radius 1 is 1.25 bits per heavy atom. The second-order valence-electron chi connectivity index (χ2n) is 0. The van der Waals surface area contributed by atoms with Gasteiger partial charge in [-0.3, -0.25) is 0 Å². The van der Waals surface area contributed by atoms with Crippen molar-refractivity contribution < 1.29 is 10.6 Å². The standard InChI is InChI=1S/CH4O.H3N.H2O/c1-2;;/h2H,1H3;1H3;1H2.